The smallest absolute Gasteiger partial charge is 0.339 e. The van der Waals surface area contributed by atoms with Gasteiger partial charge in [-0.25, -0.2) is 4.79 Å². The fourth-order valence-electron chi connectivity index (χ4n) is 1.87. The number of hydrogen-bond donors (Lipinski definition) is 2. The number of hydrogen-bond acceptors (Lipinski definition) is 5. The van der Waals surface area contributed by atoms with Crippen LogP contribution in [0.4, 0.5) is 8.78 Å². The molecule has 0 saturated heterocycles. The Morgan fingerprint density at radius 3 is 2.31 bits per heavy atom. The quantitative estimate of drug-likeness (QED) is 0.457. The van der Waals surface area contributed by atoms with Gasteiger partial charge in [0.25, 0.3) is 17.6 Å². The van der Waals surface area contributed by atoms with Crippen LogP contribution in [0.1, 0.15) is 20.7 Å². The van der Waals surface area contributed by atoms with Crippen LogP contribution in [-0.2, 0) is 9.53 Å². The summed E-state index contributed by atoms with van der Waals surface area (Å²) in [5.74, 6) is -4.93. The van der Waals surface area contributed by atoms with E-state index < -0.39 is 30.1 Å². The third kappa shape index (κ3) is 5.85. The molecule has 2 aromatic carbocycles. The predicted molar refractivity (Wildman–Crippen MR) is 90.6 cm³/mol. The highest BCUT2D eigenvalue weighted by Gasteiger charge is 2.17. The Kier molecular flexibility index (Phi) is 7.10. The minimum absolute atomic E-state index is 0.0466. The van der Waals surface area contributed by atoms with Crippen molar-refractivity contribution in [2.24, 2.45) is 0 Å². The number of nitrogens with one attached hydrogen (secondary N) is 2. The second-order valence-electron chi connectivity index (χ2n) is 4.82. The van der Waals surface area contributed by atoms with Crippen molar-refractivity contribution in [3.8, 4) is 0 Å². The van der Waals surface area contributed by atoms with E-state index in [1.165, 1.54) is 24.3 Å². The van der Waals surface area contributed by atoms with Crippen molar-refractivity contribution in [1.29, 1.82) is 0 Å². The third-order valence-electron chi connectivity index (χ3n) is 3.01. The molecule has 2 aromatic rings. The van der Waals surface area contributed by atoms with Crippen molar-refractivity contribution in [1.82, 2.24) is 10.9 Å². The maximum atomic E-state index is 12.5. The molecule has 6 nitrogen and oxygen atoms in total. The number of rotatable bonds is 6. The number of carbonyl (C=O) groups is 3. The zero-order valence-corrected chi connectivity index (χ0v) is 14.1. The molecule has 0 bridgehead atoms. The lowest BCUT2D eigenvalue weighted by atomic mass is 10.2. The Balaban J connectivity index is 1.84. The monoisotopic (exact) mass is 380 g/mol. The van der Waals surface area contributed by atoms with Gasteiger partial charge in [0.15, 0.2) is 6.61 Å². The van der Waals surface area contributed by atoms with E-state index in [-0.39, 0.29) is 22.2 Å². The summed E-state index contributed by atoms with van der Waals surface area (Å²) in [4.78, 5) is 35.4. The van der Waals surface area contributed by atoms with E-state index in [1.807, 2.05) is 0 Å². The average molecular weight is 380 g/mol. The van der Waals surface area contributed by atoms with Crippen LogP contribution in [0.5, 0.6) is 0 Å². The molecule has 26 heavy (non-hydrogen) atoms. The van der Waals surface area contributed by atoms with E-state index in [9.17, 15) is 23.2 Å². The number of alkyl halides is 2. The number of carbonyl (C=O) groups excluding carboxylic acids is 3. The summed E-state index contributed by atoms with van der Waals surface area (Å²) in [6.45, 7) is -0.679. The highest BCUT2D eigenvalue weighted by molar-refractivity contribution is 7.99. The predicted octanol–water partition coefficient (Wildman–Crippen LogP) is 2.62. The lowest BCUT2D eigenvalue weighted by molar-refractivity contribution is -0.125. The topological polar surface area (TPSA) is 84.5 Å². The third-order valence-corrected chi connectivity index (χ3v) is 3.80. The first-order valence-corrected chi connectivity index (χ1v) is 8.20. The molecular weight excluding hydrogens is 366 g/mol. The molecule has 0 fully saturated rings. The van der Waals surface area contributed by atoms with Crippen LogP contribution in [0.2, 0.25) is 0 Å². The number of esters is 1. The van der Waals surface area contributed by atoms with E-state index in [2.05, 4.69) is 10.9 Å². The Morgan fingerprint density at radius 1 is 0.962 bits per heavy atom. The number of ether oxygens (including phenoxy) is 1. The van der Waals surface area contributed by atoms with Gasteiger partial charge in [-0.05, 0) is 24.3 Å². The number of halogens is 2. The number of amides is 2. The molecule has 0 aliphatic heterocycles. The van der Waals surface area contributed by atoms with Gasteiger partial charge in [0.2, 0.25) is 0 Å². The standard InChI is InChI=1S/C17H14F2N2O4S/c18-17(19)26-13-9-5-4-8-12(13)16(24)25-10-14(22)20-21-15(23)11-6-2-1-3-7-11/h1-9,17H,10H2,(H,20,22)(H,21,23). The van der Waals surface area contributed by atoms with E-state index >= 15 is 0 Å². The summed E-state index contributed by atoms with van der Waals surface area (Å²) >= 11 is 0.208. The van der Waals surface area contributed by atoms with Crippen molar-refractivity contribution >= 4 is 29.5 Å². The second kappa shape index (κ2) is 9.52. The Labute approximate surface area is 151 Å². The largest absolute Gasteiger partial charge is 0.452 e. The zero-order valence-electron chi connectivity index (χ0n) is 13.3. The minimum Gasteiger partial charge on any atom is -0.452 e. The van der Waals surface area contributed by atoms with Gasteiger partial charge in [-0.1, -0.05) is 42.1 Å². The molecule has 2 amide bonds. The Morgan fingerprint density at radius 2 is 1.62 bits per heavy atom. The number of thioether (sulfide) groups is 1. The molecule has 0 radical (unpaired) electrons. The van der Waals surface area contributed by atoms with Gasteiger partial charge in [0.05, 0.1) is 5.56 Å². The van der Waals surface area contributed by atoms with E-state index in [0.29, 0.717) is 5.56 Å². The van der Waals surface area contributed by atoms with E-state index in [0.717, 1.165) is 0 Å². The molecule has 136 valence electrons. The summed E-state index contributed by atoms with van der Waals surface area (Å²) in [5, 5.41) is 0. The lowest BCUT2D eigenvalue weighted by Gasteiger charge is -2.10. The first-order chi connectivity index (χ1) is 12.5. The van der Waals surface area contributed by atoms with Gasteiger partial charge in [-0.15, -0.1) is 0 Å². The molecule has 0 spiro atoms. The summed E-state index contributed by atoms with van der Waals surface area (Å²) in [7, 11) is 0. The molecule has 0 aliphatic rings. The highest BCUT2D eigenvalue weighted by Crippen LogP contribution is 2.28. The van der Waals surface area contributed by atoms with Crippen LogP contribution in [0.3, 0.4) is 0 Å². The number of benzene rings is 2. The van der Waals surface area contributed by atoms with Crippen molar-refractivity contribution in [2.75, 3.05) is 6.61 Å². The van der Waals surface area contributed by atoms with Gasteiger partial charge in [0.1, 0.15) is 0 Å². The van der Waals surface area contributed by atoms with Crippen molar-refractivity contribution in [3.05, 3.63) is 65.7 Å². The molecule has 0 saturated carbocycles. The fourth-order valence-corrected chi connectivity index (χ4v) is 2.49. The molecule has 0 atom stereocenters. The van der Waals surface area contributed by atoms with Crippen LogP contribution >= 0.6 is 11.8 Å². The molecule has 2 rings (SSSR count). The van der Waals surface area contributed by atoms with Crippen LogP contribution in [-0.4, -0.2) is 30.1 Å². The fraction of sp³-hybridized carbons (Fsp3) is 0.118. The SMILES string of the molecule is O=C(COC(=O)c1ccccc1SC(F)F)NNC(=O)c1ccccc1. The van der Waals surface area contributed by atoms with Gasteiger partial charge in [-0.3, -0.25) is 20.4 Å². The van der Waals surface area contributed by atoms with Gasteiger partial charge in [0, 0.05) is 10.5 Å². The first kappa shape index (κ1) is 19.4. The summed E-state index contributed by atoms with van der Waals surface area (Å²) in [6, 6.07) is 13.8. The van der Waals surface area contributed by atoms with Gasteiger partial charge >= 0.3 is 5.97 Å². The summed E-state index contributed by atoms with van der Waals surface area (Å²) in [5.41, 5.74) is 4.53. The normalized spacial score (nSPS) is 10.3. The van der Waals surface area contributed by atoms with Crippen LogP contribution in [0, 0.1) is 0 Å². The van der Waals surface area contributed by atoms with Gasteiger partial charge in [-0.2, -0.15) is 8.78 Å². The molecule has 0 aromatic heterocycles. The van der Waals surface area contributed by atoms with E-state index in [1.54, 1.807) is 30.3 Å². The average Bonchev–Trinajstić information content (AvgIpc) is 2.64. The maximum absolute atomic E-state index is 12.5. The van der Waals surface area contributed by atoms with Crippen LogP contribution < -0.4 is 10.9 Å². The highest BCUT2D eigenvalue weighted by atomic mass is 32.2. The van der Waals surface area contributed by atoms with Crippen LogP contribution in [0.25, 0.3) is 0 Å². The van der Waals surface area contributed by atoms with E-state index in [4.69, 9.17) is 4.74 Å². The lowest BCUT2D eigenvalue weighted by Crippen LogP contribution is -2.43. The maximum Gasteiger partial charge on any atom is 0.339 e. The van der Waals surface area contributed by atoms with Crippen molar-refractivity contribution in [3.63, 3.8) is 0 Å². The second-order valence-corrected chi connectivity index (χ2v) is 5.85. The molecule has 0 unspecified atom stereocenters. The summed E-state index contributed by atoms with van der Waals surface area (Å²) < 4.78 is 29.8. The summed E-state index contributed by atoms with van der Waals surface area (Å²) in [6.07, 6.45) is 0. The van der Waals surface area contributed by atoms with Crippen LogP contribution in [0.15, 0.2) is 59.5 Å². The Bertz CT molecular complexity index is 787. The first-order valence-electron chi connectivity index (χ1n) is 7.32. The minimum atomic E-state index is -2.69. The number of hydrazine groups is 1. The Hall–Kier alpha value is -2.94. The molecule has 0 aliphatic carbocycles. The molecule has 2 N–H and O–H groups in total. The molecule has 9 heteroatoms. The van der Waals surface area contributed by atoms with Crippen molar-refractivity contribution < 1.29 is 27.9 Å². The molecular formula is C17H14F2N2O4S. The molecule has 0 heterocycles. The van der Waals surface area contributed by atoms with Crippen molar-refractivity contribution in [2.45, 2.75) is 10.7 Å². The van der Waals surface area contributed by atoms with Gasteiger partial charge < -0.3 is 4.74 Å². The zero-order chi connectivity index (χ0) is 18.9.